The minimum Gasteiger partial charge on any atom is -0.425 e. The summed E-state index contributed by atoms with van der Waals surface area (Å²) < 4.78 is 37.3. The molecule has 1 N–H and O–H groups in total. The molecule has 0 aromatic heterocycles. The molecule has 7 nitrogen and oxygen atoms in total. The Kier molecular flexibility index (Phi) is 8.78. The highest BCUT2D eigenvalue weighted by Crippen LogP contribution is 2.33. The number of esters is 1. The summed E-state index contributed by atoms with van der Waals surface area (Å²) in [6.07, 6.45) is 3.22. The summed E-state index contributed by atoms with van der Waals surface area (Å²) in [7, 11) is 3.12. The van der Waals surface area contributed by atoms with Gasteiger partial charge in [-0.05, 0) is 74.1 Å². The van der Waals surface area contributed by atoms with Crippen LogP contribution < -0.4 is 14.8 Å². The fourth-order valence-corrected chi connectivity index (χ4v) is 4.12. The largest absolute Gasteiger partial charge is 0.425 e. The maximum Gasteiger partial charge on any atom is 0.414 e. The van der Waals surface area contributed by atoms with Gasteiger partial charge in [0.05, 0.1) is 0 Å². The zero-order valence-corrected chi connectivity index (χ0v) is 20.1. The van der Waals surface area contributed by atoms with Crippen molar-refractivity contribution in [2.24, 2.45) is 11.8 Å². The van der Waals surface area contributed by atoms with Crippen LogP contribution in [0.1, 0.15) is 38.2 Å². The molecule has 0 unspecified atom stereocenters. The molecular formula is C26H30F2N2O5. The zero-order valence-electron chi connectivity index (χ0n) is 20.1. The minimum atomic E-state index is -0.903. The highest BCUT2D eigenvalue weighted by molar-refractivity contribution is 5.86. The number of carbonyl (C=O) groups excluding carboxylic acids is 3. The van der Waals surface area contributed by atoms with Crippen molar-refractivity contribution in [1.82, 2.24) is 10.2 Å². The van der Waals surface area contributed by atoms with Gasteiger partial charge in [-0.2, -0.15) is 0 Å². The van der Waals surface area contributed by atoms with Gasteiger partial charge in [-0.25, -0.2) is 18.4 Å². The molecule has 2 aromatic rings. The van der Waals surface area contributed by atoms with E-state index in [2.05, 4.69) is 5.32 Å². The Hall–Kier alpha value is -3.49. The van der Waals surface area contributed by atoms with E-state index in [1.165, 1.54) is 41.3 Å². The molecule has 1 aliphatic carbocycles. The van der Waals surface area contributed by atoms with E-state index >= 15 is 0 Å². The van der Waals surface area contributed by atoms with Crippen molar-refractivity contribution >= 4 is 18.0 Å². The molecule has 2 aromatic carbocycles. The Morgan fingerprint density at radius 3 is 2.23 bits per heavy atom. The number of benzene rings is 2. The van der Waals surface area contributed by atoms with Crippen LogP contribution in [-0.2, 0) is 16.0 Å². The molecule has 0 bridgehead atoms. The average Bonchev–Trinajstić information content (AvgIpc) is 2.82. The summed E-state index contributed by atoms with van der Waals surface area (Å²) in [5.74, 6) is -2.52. The van der Waals surface area contributed by atoms with Gasteiger partial charge in [0.1, 0.15) is 17.5 Å². The Labute approximate surface area is 203 Å². The van der Waals surface area contributed by atoms with Crippen LogP contribution in [0.4, 0.5) is 13.6 Å². The first-order valence-corrected chi connectivity index (χ1v) is 11.6. The number of ether oxygens (including phenoxy) is 2. The van der Waals surface area contributed by atoms with Crippen LogP contribution in [-0.4, -0.2) is 43.0 Å². The van der Waals surface area contributed by atoms with Gasteiger partial charge in [0.2, 0.25) is 5.91 Å². The maximum atomic E-state index is 13.6. The van der Waals surface area contributed by atoms with E-state index in [1.807, 2.05) is 0 Å². The molecule has 1 saturated carbocycles. The third-order valence-electron chi connectivity index (χ3n) is 6.05. The Morgan fingerprint density at radius 2 is 1.60 bits per heavy atom. The van der Waals surface area contributed by atoms with E-state index in [0.717, 1.165) is 25.3 Å². The lowest BCUT2D eigenvalue weighted by atomic mass is 9.75. The molecule has 9 heteroatoms. The number of hydrogen-bond donors (Lipinski definition) is 1. The van der Waals surface area contributed by atoms with Gasteiger partial charge in [-0.1, -0.05) is 18.9 Å². The number of rotatable bonds is 7. The van der Waals surface area contributed by atoms with Crippen LogP contribution in [0.25, 0.3) is 0 Å². The second-order valence-corrected chi connectivity index (χ2v) is 8.99. The normalized spacial score (nSPS) is 18.3. The number of halogens is 2. The molecule has 35 heavy (non-hydrogen) atoms. The first kappa shape index (κ1) is 26.1. The lowest BCUT2D eigenvalue weighted by Gasteiger charge is -2.31. The van der Waals surface area contributed by atoms with Gasteiger partial charge in [-0.3, -0.25) is 4.79 Å². The topological polar surface area (TPSA) is 84.9 Å². The summed E-state index contributed by atoms with van der Waals surface area (Å²) >= 11 is 0. The SMILES string of the molecule is C[C@H](NC(=O)[C@@H]1CCCC[C@H]1Cc1ccc(F)c(F)c1)C(=O)Oc1ccc(OC(=O)N(C)C)cc1. The standard InChI is InChI=1S/C26H30F2N2O5/c1-16(25(32)34-19-9-11-20(12-10-19)35-26(33)30(2)3)29-24(31)21-7-5-4-6-18(21)14-17-8-13-22(27)23(28)15-17/h8-13,15-16,18,21H,4-7,14H2,1-3H3,(H,29,31)/t16-,18-,21+/m0/s1. The molecular weight excluding hydrogens is 458 g/mol. The van der Waals surface area contributed by atoms with Crippen molar-refractivity contribution in [3.63, 3.8) is 0 Å². The zero-order chi connectivity index (χ0) is 25.5. The second-order valence-electron chi connectivity index (χ2n) is 8.99. The molecule has 188 valence electrons. The number of amides is 2. The quantitative estimate of drug-likeness (QED) is 0.459. The van der Waals surface area contributed by atoms with Crippen molar-refractivity contribution in [2.75, 3.05) is 14.1 Å². The Bertz CT molecular complexity index is 1060. The van der Waals surface area contributed by atoms with E-state index in [0.29, 0.717) is 24.2 Å². The molecule has 2 amide bonds. The summed E-state index contributed by atoms with van der Waals surface area (Å²) in [6.45, 7) is 1.54. The first-order valence-electron chi connectivity index (χ1n) is 11.6. The van der Waals surface area contributed by atoms with Gasteiger partial charge in [-0.15, -0.1) is 0 Å². The molecule has 1 fully saturated rings. The van der Waals surface area contributed by atoms with Crippen LogP contribution in [0.5, 0.6) is 11.5 Å². The average molecular weight is 489 g/mol. The molecule has 0 heterocycles. The molecule has 0 spiro atoms. The number of carbonyl (C=O) groups is 3. The van der Waals surface area contributed by atoms with Gasteiger partial charge >= 0.3 is 12.1 Å². The van der Waals surface area contributed by atoms with Crippen molar-refractivity contribution in [3.05, 3.63) is 59.7 Å². The van der Waals surface area contributed by atoms with Crippen LogP contribution in [0.15, 0.2) is 42.5 Å². The molecule has 0 aliphatic heterocycles. The molecule has 0 radical (unpaired) electrons. The highest BCUT2D eigenvalue weighted by atomic mass is 19.2. The summed E-state index contributed by atoms with van der Waals surface area (Å²) in [5, 5.41) is 2.73. The molecule has 0 saturated heterocycles. The van der Waals surface area contributed by atoms with E-state index in [1.54, 1.807) is 21.0 Å². The predicted octanol–water partition coefficient (Wildman–Crippen LogP) is 4.48. The Balaban J connectivity index is 1.56. The van der Waals surface area contributed by atoms with Crippen LogP contribution >= 0.6 is 0 Å². The van der Waals surface area contributed by atoms with Gasteiger partial charge in [0, 0.05) is 20.0 Å². The number of hydrogen-bond acceptors (Lipinski definition) is 5. The number of nitrogens with one attached hydrogen (secondary N) is 1. The van der Waals surface area contributed by atoms with Crippen molar-refractivity contribution in [3.8, 4) is 11.5 Å². The van der Waals surface area contributed by atoms with Crippen LogP contribution in [0, 0.1) is 23.5 Å². The highest BCUT2D eigenvalue weighted by Gasteiger charge is 2.32. The van der Waals surface area contributed by atoms with Gasteiger partial charge < -0.3 is 19.7 Å². The predicted molar refractivity (Wildman–Crippen MR) is 125 cm³/mol. The number of nitrogens with zero attached hydrogens (tertiary/aromatic N) is 1. The lowest BCUT2D eigenvalue weighted by molar-refractivity contribution is -0.140. The Morgan fingerprint density at radius 1 is 0.971 bits per heavy atom. The van der Waals surface area contributed by atoms with E-state index in [-0.39, 0.29) is 23.5 Å². The fourth-order valence-electron chi connectivity index (χ4n) is 4.12. The third kappa shape index (κ3) is 7.24. The smallest absolute Gasteiger partial charge is 0.414 e. The van der Waals surface area contributed by atoms with Crippen molar-refractivity contribution in [2.45, 2.75) is 45.1 Å². The minimum absolute atomic E-state index is 0.0331. The van der Waals surface area contributed by atoms with E-state index in [9.17, 15) is 23.2 Å². The molecule has 3 rings (SSSR count). The summed E-state index contributed by atoms with van der Waals surface area (Å²) in [6, 6.07) is 8.89. The van der Waals surface area contributed by atoms with E-state index < -0.39 is 29.7 Å². The van der Waals surface area contributed by atoms with Crippen LogP contribution in [0.2, 0.25) is 0 Å². The first-order chi connectivity index (χ1) is 16.6. The monoisotopic (exact) mass is 488 g/mol. The second kappa shape index (κ2) is 11.8. The van der Waals surface area contributed by atoms with Crippen molar-refractivity contribution < 1.29 is 32.6 Å². The van der Waals surface area contributed by atoms with Crippen molar-refractivity contribution in [1.29, 1.82) is 0 Å². The third-order valence-corrected chi connectivity index (χ3v) is 6.05. The summed E-state index contributed by atoms with van der Waals surface area (Å²) in [5.41, 5.74) is 0.640. The maximum absolute atomic E-state index is 13.6. The van der Waals surface area contributed by atoms with Gasteiger partial charge in [0.15, 0.2) is 11.6 Å². The fraction of sp³-hybridized carbons (Fsp3) is 0.423. The lowest BCUT2D eigenvalue weighted by Crippen LogP contribution is -2.46. The summed E-state index contributed by atoms with van der Waals surface area (Å²) in [4.78, 5) is 38.4. The molecule has 3 atom stereocenters. The van der Waals surface area contributed by atoms with Crippen LogP contribution in [0.3, 0.4) is 0 Å². The van der Waals surface area contributed by atoms with E-state index in [4.69, 9.17) is 9.47 Å². The van der Waals surface area contributed by atoms with Gasteiger partial charge in [0.25, 0.3) is 0 Å². The molecule has 1 aliphatic rings.